The summed E-state index contributed by atoms with van der Waals surface area (Å²) in [7, 11) is 0. The zero-order chi connectivity index (χ0) is 20.5. The maximum Gasteiger partial charge on any atom is 0.0474 e. The first-order valence-electron chi connectivity index (χ1n) is 11.3. The smallest absolute Gasteiger partial charge is 0.0474 e. The molecule has 0 aliphatic heterocycles. The predicted octanol–water partition coefficient (Wildman–Crippen LogP) is 8.97. The van der Waals surface area contributed by atoms with Crippen molar-refractivity contribution < 1.29 is 0 Å². The molecule has 2 aromatic heterocycles. The molecule has 3 aromatic rings. The van der Waals surface area contributed by atoms with Crippen LogP contribution in [0.2, 0.25) is 0 Å². The van der Waals surface area contributed by atoms with Gasteiger partial charge in [-0.3, -0.25) is 0 Å². The first kappa shape index (κ1) is 22.1. The Labute approximate surface area is 185 Å². The molecule has 0 amide bonds. The Bertz CT molecular complexity index is 857. The normalized spacial score (nSPS) is 11.2. The number of unbranched alkanes of at least 4 members (excludes halogenated alkanes) is 6. The van der Waals surface area contributed by atoms with Gasteiger partial charge in [-0.2, -0.15) is 0 Å². The van der Waals surface area contributed by atoms with Crippen LogP contribution in [0.25, 0.3) is 20.2 Å². The van der Waals surface area contributed by atoms with Crippen LogP contribution in [0, 0.1) is 0 Å². The van der Waals surface area contributed by atoms with E-state index in [1.165, 1.54) is 95.5 Å². The van der Waals surface area contributed by atoms with Gasteiger partial charge >= 0.3 is 0 Å². The Morgan fingerprint density at radius 2 is 1.38 bits per heavy atom. The van der Waals surface area contributed by atoms with Crippen LogP contribution in [0.1, 0.15) is 76.3 Å². The Hall–Kier alpha value is -1.58. The fourth-order valence-electron chi connectivity index (χ4n) is 3.84. The molecule has 0 saturated heterocycles. The van der Waals surface area contributed by atoms with Gasteiger partial charge in [0, 0.05) is 20.3 Å². The lowest BCUT2D eigenvalue weighted by Crippen LogP contribution is -1.88. The summed E-state index contributed by atoms with van der Waals surface area (Å²) in [5.74, 6) is 0. The molecule has 29 heavy (non-hydrogen) atoms. The quantitative estimate of drug-likeness (QED) is 0.227. The molecule has 0 aliphatic rings. The molecule has 3 rings (SSSR count). The predicted molar refractivity (Wildman–Crippen MR) is 133 cm³/mol. The summed E-state index contributed by atoms with van der Waals surface area (Å²) in [4.78, 5) is 4.37. The van der Waals surface area contributed by atoms with E-state index in [1.807, 2.05) is 34.8 Å². The van der Waals surface area contributed by atoms with Crippen molar-refractivity contribution in [3.05, 3.63) is 52.9 Å². The number of hydrogen-bond acceptors (Lipinski definition) is 3. The number of aryl methyl sites for hydroxylation is 2. The Morgan fingerprint density at radius 3 is 2.03 bits per heavy atom. The molecule has 3 heteroatoms. The molecule has 0 spiro atoms. The van der Waals surface area contributed by atoms with E-state index >= 15 is 0 Å². The average molecular weight is 426 g/mol. The van der Waals surface area contributed by atoms with E-state index in [0.717, 1.165) is 5.69 Å². The highest BCUT2D eigenvalue weighted by Crippen LogP contribution is 2.42. The van der Waals surface area contributed by atoms with E-state index < -0.39 is 0 Å². The van der Waals surface area contributed by atoms with Crippen LogP contribution in [0.5, 0.6) is 0 Å². The molecule has 0 unspecified atom stereocenters. The van der Waals surface area contributed by atoms with Crippen LogP contribution < -0.4 is 5.73 Å². The van der Waals surface area contributed by atoms with Crippen molar-refractivity contribution in [2.45, 2.75) is 78.1 Å². The van der Waals surface area contributed by atoms with Crippen LogP contribution >= 0.6 is 22.7 Å². The molecular weight excluding hydrogens is 390 g/mol. The third-order valence-corrected chi connectivity index (χ3v) is 7.91. The van der Waals surface area contributed by atoms with E-state index in [1.54, 1.807) is 0 Å². The number of thiophene rings is 2. The van der Waals surface area contributed by atoms with Crippen molar-refractivity contribution >= 4 is 28.4 Å². The van der Waals surface area contributed by atoms with Crippen LogP contribution in [-0.2, 0) is 12.8 Å². The van der Waals surface area contributed by atoms with Crippen LogP contribution in [0.3, 0.4) is 0 Å². The lowest BCUT2D eigenvalue weighted by Gasteiger charge is -2.04. The molecular formula is C26H35NS2. The topological polar surface area (TPSA) is 26.0 Å². The van der Waals surface area contributed by atoms with Crippen molar-refractivity contribution in [2.24, 2.45) is 0 Å². The molecule has 0 bridgehead atoms. The lowest BCUT2D eigenvalue weighted by atomic mass is 10.0. The highest BCUT2D eigenvalue weighted by Gasteiger charge is 2.15. The summed E-state index contributed by atoms with van der Waals surface area (Å²) in [6, 6.07) is 13.2. The van der Waals surface area contributed by atoms with Crippen LogP contribution in [-0.4, -0.2) is 0 Å². The molecule has 0 fully saturated rings. The summed E-state index contributed by atoms with van der Waals surface area (Å²) in [6.07, 6.45) is 12.9. The second kappa shape index (κ2) is 11.6. The number of nitrogens with two attached hydrogens (primary N) is 1. The maximum absolute atomic E-state index is 5.93. The molecule has 0 aliphatic carbocycles. The Morgan fingerprint density at radius 1 is 0.724 bits per heavy atom. The number of anilines is 1. The fourth-order valence-corrected chi connectivity index (χ4v) is 6.16. The lowest BCUT2D eigenvalue weighted by molar-refractivity contribution is 0.667. The Kier molecular flexibility index (Phi) is 8.82. The molecule has 0 saturated carbocycles. The van der Waals surface area contributed by atoms with Gasteiger partial charge in [0.15, 0.2) is 0 Å². The number of rotatable bonds is 12. The van der Waals surface area contributed by atoms with Crippen LogP contribution in [0.4, 0.5) is 5.69 Å². The fraction of sp³-hybridized carbons (Fsp3) is 0.462. The summed E-state index contributed by atoms with van der Waals surface area (Å²) >= 11 is 3.88. The van der Waals surface area contributed by atoms with Gasteiger partial charge in [0.05, 0.1) is 0 Å². The average Bonchev–Trinajstić information content (AvgIpc) is 3.36. The standard InChI is InChI=1S/C26H35NS2/c1-3-5-7-9-11-20-17-18-28-26(20)24-19-22(12-10-8-6-4-2)25(29-24)21-13-15-23(27)16-14-21/h13-19H,3-12,27H2,1-2H3. The summed E-state index contributed by atoms with van der Waals surface area (Å²) in [5, 5.41) is 2.27. The molecule has 0 radical (unpaired) electrons. The highest BCUT2D eigenvalue weighted by molar-refractivity contribution is 7.23. The first-order valence-corrected chi connectivity index (χ1v) is 13.0. The van der Waals surface area contributed by atoms with Crippen molar-refractivity contribution in [1.82, 2.24) is 0 Å². The zero-order valence-electron chi connectivity index (χ0n) is 18.0. The maximum atomic E-state index is 5.93. The summed E-state index contributed by atoms with van der Waals surface area (Å²) in [5.41, 5.74) is 11.1. The van der Waals surface area contributed by atoms with Crippen molar-refractivity contribution in [2.75, 3.05) is 5.73 Å². The first-order chi connectivity index (χ1) is 14.2. The Balaban J connectivity index is 1.84. The molecule has 0 atom stereocenters. The second-order valence-corrected chi connectivity index (χ2v) is 9.95. The van der Waals surface area contributed by atoms with E-state index in [0.29, 0.717) is 0 Å². The van der Waals surface area contributed by atoms with E-state index in [-0.39, 0.29) is 0 Å². The number of nitrogen functional groups attached to an aromatic ring is 1. The zero-order valence-corrected chi connectivity index (χ0v) is 19.6. The molecule has 1 nitrogen and oxygen atoms in total. The van der Waals surface area contributed by atoms with E-state index in [4.69, 9.17) is 5.73 Å². The largest absolute Gasteiger partial charge is 0.399 e. The third-order valence-electron chi connectivity index (χ3n) is 5.55. The van der Waals surface area contributed by atoms with Gasteiger partial charge in [-0.05, 0) is 72.0 Å². The SMILES string of the molecule is CCCCCCc1cc(-c2sccc2CCCCCC)sc1-c1ccc(N)cc1. The minimum Gasteiger partial charge on any atom is -0.399 e. The summed E-state index contributed by atoms with van der Waals surface area (Å²) < 4.78 is 0. The van der Waals surface area contributed by atoms with Crippen molar-refractivity contribution in [1.29, 1.82) is 0 Å². The second-order valence-electron chi connectivity index (χ2n) is 7.98. The van der Waals surface area contributed by atoms with Gasteiger partial charge in [0.25, 0.3) is 0 Å². The van der Waals surface area contributed by atoms with E-state index in [9.17, 15) is 0 Å². The van der Waals surface area contributed by atoms with Gasteiger partial charge in [-0.25, -0.2) is 0 Å². The van der Waals surface area contributed by atoms with Gasteiger partial charge in [-0.15, -0.1) is 22.7 Å². The molecule has 2 heterocycles. The van der Waals surface area contributed by atoms with Crippen molar-refractivity contribution in [3.63, 3.8) is 0 Å². The minimum absolute atomic E-state index is 0.836. The molecule has 156 valence electrons. The molecule has 1 aromatic carbocycles. The monoisotopic (exact) mass is 425 g/mol. The highest BCUT2D eigenvalue weighted by atomic mass is 32.1. The van der Waals surface area contributed by atoms with E-state index in [2.05, 4.69) is 43.5 Å². The van der Waals surface area contributed by atoms with Gasteiger partial charge < -0.3 is 5.73 Å². The molecule has 2 N–H and O–H groups in total. The van der Waals surface area contributed by atoms with Crippen molar-refractivity contribution in [3.8, 4) is 20.2 Å². The van der Waals surface area contributed by atoms with Gasteiger partial charge in [-0.1, -0.05) is 64.5 Å². The third kappa shape index (κ3) is 6.20. The number of hydrogen-bond donors (Lipinski definition) is 1. The minimum atomic E-state index is 0.836. The number of benzene rings is 1. The summed E-state index contributed by atoms with van der Waals surface area (Å²) in [6.45, 7) is 4.56. The van der Waals surface area contributed by atoms with Crippen LogP contribution in [0.15, 0.2) is 41.8 Å². The van der Waals surface area contributed by atoms with Gasteiger partial charge in [0.1, 0.15) is 0 Å². The van der Waals surface area contributed by atoms with Gasteiger partial charge in [0.2, 0.25) is 0 Å².